The second-order valence-electron chi connectivity index (χ2n) is 6.39. The van der Waals surface area contributed by atoms with Crippen LogP contribution in [0.4, 0.5) is 0 Å². The summed E-state index contributed by atoms with van der Waals surface area (Å²) in [4.78, 5) is 35.0. The van der Waals surface area contributed by atoms with Gasteiger partial charge in [-0.05, 0) is 30.2 Å². The Kier molecular flexibility index (Phi) is 6.55. The molecule has 0 unspecified atom stereocenters. The summed E-state index contributed by atoms with van der Waals surface area (Å²) in [6.07, 6.45) is 0.581. The van der Waals surface area contributed by atoms with E-state index >= 15 is 0 Å². The maximum absolute atomic E-state index is 12.6. The van der Waals surface area contributed by atoms with Gasteiger partial charge in [-0.25, -0.2) is 13.2 Å². The summed E-state index contributed by atoms with van der Waals surface area (Å²) in [5, 5.41) is 14.3. The molecular formula is C17H23N3O6S. The number of hydrogen-bond donors (Lipinski definition) is 3. The number of hydrogen-bond acceptors (Lipinski definition) is 5. The largest absolute Gasteiger partial charge is 0.480 e. The Labute approximate surface area is 157 Å². The monoisotopic (exact) mass is 397 g/mol. The SMILES string of the molecule is CC[C@H](C)[C@H](NC(=O)c1ccc(S(=O)(=O)N2CCNC(=O)C2)cc1)C(=O)O. The molecule has 1 heterocycles. The van der Waals surface area contributed by atoms with Crippen LogP contribution >= 0.6 is 0 Å². The van der Waals surface area contributed by atoms with Crippen molar-refractivity contribution in [2.45, 2.75) is 31.2 Å². The van der Waals surface area contributed by atoms with Crippen molar-refractivity contribution in [1.82, 2.24) is 14.9 Å². The van der Waals surface area contributed by atoms with Crippen LogP contribution in [-0.2, 0) is 19.6 Å². The van der Waals surface area contributed by atoms with Crippen LogP contribution in [0.5, 0.6) is 0 Å². The topological polar surface area (TPSA) is 133 Å². The summed E-state index contributed by atoms with van der Waals surface area (Å²) in [7, 11) is -3.84. The number of aliphatic carboxylic acids is 1. The van der Waals surface area contributed by atoms with Crippen molar-refractivity contribution >= 4 is 27.8 Å². The van der Waals surface area contributed by atoms with Gasteiger partial charge in [-0.1, -0.05) is 20.3 Å². The molecule has 2 atom stereocenters. The lowest BCUT2D eigenvalue weighted by atomic mass is 9.99. The summed E-state index contributed by atoms with van der Waals surface area (Å²) in [6, 6.07) is 4.16. The van der Waals surface area contributed by atoms with Gasteiger partial charge in [0.2, 0.25) is 15.9 Å². The van der Waals surface area contributed by atoms with Gasteiger partial charge in [0.1, 0.15) is 6.04 Å². The predicted molar refractivity (Wildman–Crippen MR) is 96.6 cm³/mol. The van der Waals surface area contributed by atoms with Crippen molar-refractivity contribution in [2.75, 3.05) is 19.6 Å². The van der Waals surface area contributed by atoms with Crippen LogP contribution < -0.4 is 10.6 Å². The van der Waals surface area contributed by atoms with Crippen LogP contribution in [0.15, 0.2) is 29.2 Å². The quantitative estimate of drug-likeness (QED) is 0.595. The third-order valence-corrected chi connectivity index (χ3v) is 6.38. The van der Waals surface area contributed by atoms with Crippen LogP contribution in [0.25, 0.3) is 0 Å². The van der Waals surface area contributed by atoms with Crippen molar-refractivity contribution in [3.63, 3.8) is 0 Å². The zero-order valence-corrected chi connectivity index (χ0v) is 16.0. The molecule has 9 nitrogen and oxygen atoms in total. The van der Waals surface area contributed by atoms with Crippen molar-refractivity contribution < 1.29 is 27.9 Å². The molecule has 1 aliphatic rings. The minimum Gasteiger partial charge on any atom is -0.480 e. The average molecular weight is 397 g/mol. The lowest BCUT2D eigenvalue weighted by Crippen LogP contribution is -2.49. The number of amides is 2. The molecule has 27 heavy (non-hydrogen) atoms. The molecule has 3 N–H and O–H groups in total. The molecular weight excluding hydrogens is 374 g/mol. The number of carboxylic acids is 1. The highest BCUT2D eigenvalue weighted by atomic mass is 32.2. The van der Waals surface area contributed by atoms with Gasteiger partial charge in [-0.2, -0.15) is 4.31 Å². The molecule has 1 fully saturated rings. The maximum atomic E-state index is 12.6. The normalized spacial score (nSPS) is 17.6. The number of benzene rings is 1. The lowest BCUT2D eigenvalue weighted by Gasteiger charge is -2.26. The van der Waals surface area contributed by atoms with Gasteiger partial charge in [0.05, 0.1) is 11.4 Å². The summed E-state index contributed by atoms with van der Waals surface area (Å²) in [5.74, 6) is -2.34. The van der Waals surface area contributed by atoms with Gasteiger partial charge < -0.3 is 15.7 Å². The first-order valence-corrected chi connectivity index (χ1v) is 10.0. The highest BCUT2D eigenvalue weighted by Gasteiger charge is 2.30. The molecule has 0 saturated carbocycles. The van der Waals surface area contributed by atoms with Crippen LogP contribution in [-0.4, -0.2) is 61.3 Å². The van der Waals surface area contributed by atoms with Crippen molar-refractivity contribution in [3.05, 3.63) is 29.8 Å². The summed E-state index contributed by atoms with van der Waals surface area (Å²) < 4.78 is 26.2. The zero-order valence-electron chi connectivity index (χ0n) is 15.1. The van der Waals surface area contributed by atoms with E-state index in [4.69, 9.17) is 0 Å². The molecule has 0 aliphatic carbocycles. The van der Waals surface area contributed by atoms with E-state index in [1.54, 1.807) is 6.92 Å². The Morgan fingerprint density at radius 1 is 1.30 bits per heavy atom. The van der Waals surface area contributed by atoms with E-state index in [0.717, 1.165) is 4.31 Å². The summed E-state index contributed by atoms with van der Waals surface area (Å²) >= 11 is 0. The molecule has 0 spiro atoms. The van der Waals surface area contributed by atoms with Gasteiger partial charge in [0.15, 0.2) is 0 Å². The molecule has 0 aromatic heterocycles. The Bertz CT molecular complexity index is 822. The van der Waals surface area contributed by atoms with Gasteiger partial charge in [-0.15, -0.1) is 0 Å². The summed E-state index contributed by atoms with van der Waals surface area (Å²) in [5.41, 5.74) is 0.153. The van der Waals surface area contributed by atoms with Crippen LogP contribution in [0.2, 0.25) is 0 Å². The number of rotatable bonds is 7. The Morgan fingerprint density at radius 2 is 1.93 bits per heavy atom. The lowest BCUT2D eigenvalue weighted by molar-refractivity contribution is -0.140. The standard InChI is InChI=1S/C17H23N3O6S/c1-3-11(2)15(17(23)24)19-16(22)12-4-6-13(7-5-12)27(25,26)20-9-8-18-14(21)10-20/h4-7,11,15H,3,8-10H2,1-2H3,(H,18,21)(H,19,22)(H,23,24)/t11-,15-/m0/s1. The second kappa shape index (κ2) is 8.49. The third kappa shape index (κ3) is 4.83. The van der Waals surface area contributed by atoms with E-state index in [1.165, 1.54) is 24.3 Å². The van der Waals surface area contributed by atoms with E-state index in [-0.39, 0.29) is 41.9 Å². The number of carbonyl (C=O) groups is 3. The highest BCUT2D eigenvalue weighted by Crippen LogP contribution is 2.17. The second-order valence-corrected chi connectivity index (χ2v) is 8.33. The van der Waals surface area contributed by atoms with Gasteiger partial charge in [-0.3, -0.25) is 9.59 Å². The fourth-order valence-corrected chi connectivity index (χ4v) is 4.05. The minimum atomic E-state index is -3.84. The zero-order chi connectivity index (χ0) is 20.2. The van der Waals surface area contributed by atoms with Crippen LogP contribution in [0, 0.1) is 5.92 Å². The molecule has 2 amide bonds. The van der Waals surface area contributed by atoms with E-state index < -0.39 is 27.9 Å². The molecule has 1 saturated heterocycles. The van der Waals surface area contributed by atoms with Crippen LogP contribution in [0.3, 0.4) is 0 Å². The van der Waals surface area contributed by atoms with E-state index in [0.29, 0.717) is 6.42 Å². The summed E-state index contributed by atoms with van der Waals surface area (Å²) in [6.45, 7) is 3.72. The molecule has 1 aromatic carbocycles. The number of carboxylic acid groups (broad SMARTS) is 1. The van der Waals surface area contributed by atoms with Crippen LogP contribution in [0.1, 0.15) is 30.6 Å². The Morgan fingerprint density at radius 3 is 2.44 bits per heavy atom. The molecule has 0 bridgehead atoms. The molecule has 1 aromatic rings. The van der Waals surface area contributed by atoms with E-state index in [2.05, 4.69) is 10.6 Å². The van der Waals surface area contributed by atoms with Gasteiger partial charge in [0.25, 0.3) is 5.91 Å². The molecule has 0 radical (unpaired) electrons. The first-order valence-electron chi connectivity index (χ1n) is 8.57. The fourth-order valence-electron chi connectivity index (χ4n) is 2.66. The van der Waals surface area contributed by atoms with Crippen molar-refractivity contribution in [2.24, 2.45) is 5.92 Å². The average Bonchev–Trinajstić information content (AvgIpc) is 2.65. The number of nitrogens with zero attached hydrogens (tertiary/aromatic N) is 1. The maximum Gasteiger partial charge on any atom is 0.326 e. The molecule has 1 aliphatic heterocycles. The molecule has 148 valence electrons. The van der Waals surface area contributed by atoms with Crippen molar-refractivity contribution in [1.29, 1.82) is 0 Å². The minimum absolute atomic E-state index is 0.0366. The Hall–Kier alpha value is -2.46. The highest BCUT2D eigenvalue weighted by molar-refractivity contribution is 7.89. The number of sulfonamides is 1. The van der Waals surface area contributed by atoms with E-state index in [1.807, 2.05) is 6.92 Å². The number of nitrogens with one attached hydrogen (secondary N) is 2. The fraction of sp³-hybridized carbons (Fsp3) is 0.471. The molecule has 10 heteroatoms. The van der Waals surface area contributed by atoms with Gasteiger partial charge >= 0.3 is 5.97 Å². The predicted octanol–water partition coefficient (Wildman–Crippen LogP) is 0.0362. The first-order chi connectivity index (χ1) is 12.7. The third-order valence-electron chi connectivity index (χ3n) is 4.52. The number of piperazine rings is 1. The van der Waals surface area contributed by atoms with Crippen molar-refractivity contribution in [3.8, 4) is 0 Å². The number of carbonyl (C=O) groups excluding carboxylic acids is 2. The smallest absolute Gasteiger partial charge is 0.326 e. The molecule has 2 rings (SSSR count). The Balaban J connectivity index is 2.15. The van der Waals surface area contributed by atoms with Gasteiger partial charge in [0, 0.05) is 18.7 Å². The van der Waals surface area contributed by atoms with E-state index in [9.17, 15) is 27.9 Å². The first kappa shape index (κ1) is 20.8.